The number of hydrogen-bond acceptors (Lipinski definition) is 8. The fraction of sp³-hybridized carbons (Fsp3) is 0.276. The van der Waals surface area contributed by atoms with Crippen LogP contribution < -0.4 is 24.4 Å². The molecule has 1 aliphatic rings. The van der Waals surface area contributed by atoms with Crippen LogP contribution in [0.5, 0.6) is 17.2 Å². The Morgan fingerprint density at radius 2 is 1.76 bits per heavy atom. The van der Waals surface area contributed by atoms with Crippen molar-refractivity contribution in [1.82, 2.24) is 9.97 Å². The van der Waals surface area contributed by atoms with E-state index in [2.05, 4.69) is 21.3 Å². The summed E-state index contributed by atoms with van der Waals surface area (Å²) < 4.78 is 16.8. The largest absolute Gasteiger partial charge is 0.497 e. The summed E-state index contributed by atoms with van der Waals surface area (Å²) in [6.45, 7) is 2.33. The summed E-state index contributed by atoms with van der Waals surface area (Å²) >= 11 is 0. The lowest BCUT2D eigenvalue weighted by molar-refractivity contribution is 0.284. The predicted octanol–water partition coefficient (Wildman–Crippen LogP) is 5.83. The second-order valence-electron chi connectivity index (χ2n) is 8.87. The molecule has 8 nitrogen and oxygen atoms in total. The van der Waals surface area contributed by atoms with E-state index in [1.54, 1.807) is 20.4 Å². The summed E-state index contributed by atoms with van der Waals surface area (Å²) in [6.07, 6.45) is 5.34. The number of rotatable bonds is 8. The fourth-order valence-electron chi connectivity index (χ4n) is 4.46. The lowest BCUT2D eigenvalue weighted by Crippen LogP contribution is -2.30. The first-order valence-electron chi connectivity index (χ1n) is 12.3. The molecule has 37 heavy (non-hydrogen) atoms. The first-order valence-corrected chi connectivity index (χ1v) is 12.3. The smallest absolute Gasteiger partial charge is 0.162 e. The van der Waals surface area contributed by atoms with Gasteiger partial charge in [0, 0.05) is 24.8 Å². The number of nitrogens with zero attached hydrogens (tertiary/aromatic N) is 4. The molecular weight excluding hydrogens is 466 g/mol. The van der Waals surface area contributed by atoms with Crippen molar-refractivity contribution in [2.24, 2.45) is 0 Å². The Balaban J connectivity index is 1.37. The zero-order chi connectivity index (χ0) is 25.6. The summed E-state index contributed by atoms with van der Waals surface area (Å²) in [5.74, 6) is 2.83. The quantitative estimate of drug-likeness (QED) is 0.326. The highest BCUT2D eigenvalue weighted by Crippen LogP contribution is 2.34. The third kappa shape index (κ3) is 5.36. The maximum absolute atomic E-state index is 10.0. The molecule has 2 heterocycles. The minimum Gasteiger partial charge on any atom is -0.497 e. The molecule has 188 valence electrons. The highest BCUT2D eigenvalue weighted by Gasteiger charge is 2.16. The predicted molar refractivity (Wildman–Crippen MR) is 144 cm³/mol. The van der Waals surface area contributed by atoms with Gasteiger partial charge in [0.1, 0.15) is 35.3 Å². The van der Waals surface area contributed by atoms with Gasteiger partial charge in [0.2, 0.25) is 0 Å². The van der Waals surface area contributed by atoms with Crippen molar-refractivity contribution in [3.8, 4) is 23.3 Å². The molecule has 3 aromatic carbocycles. The number of ether oxygens (including phenoxy) is 3. The number of nitriles is 1. The molecule has 0 atom stereocenters. The molecular formula is C29H29N5O3. The van der Waals surface area contributed by atoms with Crippen LogP contribution in [-0.2, 0) is 6.61 Å². The number of hydrogen-bond donors (Lipinski definition) is 1. The van der Waals surface area contributed by atoms with Crippen LogP contribution in [0.25, 0.3) is 11.0 Å². The van der Waals surface area contributed by atoms with E-state index in [1.807, 2.05) is 54.6 Å². The molecule has 5 rings (SSSR count). The van der Waals surface area contributed by atoms with Crippen molar-refractivity contribution in [1.29, 1.82) is 5.26 Å². The van der Waals surface area contributed by atoms with Crippen LogP contribution in [-0.4, -0.2) is 37.3 Å². The van der Waals surface area contributed by atoms with Gasteiger partial charge in [-0.2, -0.15) is 5.26 Å². The summed E-state index contributed by atoms with van der Waals surface area (Å²) in [5, 5.41) is 13.4. The van der Waals surface area contributed by atoms with Gasteiger partial charge in [0.15, 0.2) is 11.5 Å². The van der Waals surface area contributed by atoms with Gasteiger partial charge in [0.25, 0.3) is 0 Å². The summed E-state index contributed by atoms with van der Waals surface area (Å²) in [5.41, 5.74) is 4.20. The molecule has 1 aliphatic heterocycles. The van der Waals surface area contributed by atoms with E-state index >= 15 is 0 Å². The Kier molecular flexibility index (Phi) is 7.22. The van der Waals surface area contributed by atoms with Crippen LogP contribution in [0.15, 0.2) is 60.8 Å². The average molecular weight is 496 g/mol. The van der Waals surface area contributed by atoms with E-state index in [0.717, 1.165) is 48.7 Å². The molecule has 0 spiro atoms. The fourth-order valence-corrected chi connectivity index (χ4v) is 4.46. The Labute approximate surface area is 216 Å². The molecule has 1 aromatic heterocycles. The molecule has 0 unspecified atom stereocenters. The molecule has 0 bridgehead atoms. The van der Waals surface area contributed by atoms with Crippen LogP contribution in [0, 0.1) is 11.3 Å². The molecule has 0 radical (unpaired) electrons. The number of methoxy groups -OCH3 is 2. The van der Waals surface area contributed by atoms with Crippen molar-refractivity contribution >= 4 is 28.2 Å². The molecule has 1 saturated heterocycles. The molecule has 0 saturated carbocycles. The van der Waals surface area contributed by atoms with Gasteiger partial charge in [-0.25, -0.2) is 4.98 Å². The summed E-state index contributed by atoms with van der Waals surface area (Å²) in [4.78, 5) is 11.7. The topological polar surface area (TPSA) is 92.5 Å². The van der Waals surface area contributed by atoms with Gasteiger partial charge >= 0.3 is 0 Å². The number of benzene rings is 3. The molecule has 1 N–H and O–H groups in total. The number of anilines is 3. The molecule has 8 heteroatoms. The van der Waals surface area contributed by atoms with Gasteiger partial charge in [-0.1, -0.05) is 12.1 Å². The summed E-state index contributed by atoms with van der Waals surface area (Å²) in [6, 6.07) is 19.4. The second-order valence-corrected chi connectivity index (χ2v) is 8.87. The van der Waals surface area contributed by atoms with Crippen LogP contribution in [0.4, 0.5) is 17.2 Å². The Bertz CT molecular complexity index is 1430. The molecule has 4 aromatic rings. The van der Waals surface area contributed by atoms with Crippen LogP contribution in [0.2, 0.25) is 0 Å². The number of piperidine rings is 1. The minimum atomic E-state index is 0.397. The van der Waals surface area contributed by atoms with Crippen molar-refractivity contribution < 1.29 is 14.2 Å². The van der Waals surface area contributed by atoms with Crippen LogP contribution >= 0.6 is 0 Å². The minimum absolute atomic E-state index is 0.397. The lowest BCUT2D eigenvalue weighted by Gasteiger charge is -2.27. The maximum Gasteiger partial charge on any atom is 0.162 e. The first kappa shape index (κ1) is 24.2. The normalized spacial score (nSPS) is 13.2. The zero-order valence-electron chi connectivity index (χ0n) is 21.0. The summed E-state index contributed by atoms with van der Waals surface area (Å²) in [7, 11) is 3.25. The lowest BCUT2D eigenvalue weighted by atomic mass is 10.1. The van der Waals surface area contributed by atoms with E-state index < -0.39 is 0 Å². The standard InChI is InChI=1S/C29H29N5O3/c1-35-22-9-6-20(7-10-22)19-37-26-13-8-21(16-27(26)36-2)32-24-11-12-25-29(23(24)17-30)33-28(18-31-25)34-14-4-3-5-15-34/h6-13,16,18,32H,3-5,14-15,19H2,1-2H3. The Morgan fingerprint density at radius 1 is 0.946 bits per heavy atom. The van der Waals surface area contributed by atoms with Gasteiger partial charge in [-0.05, 0) is 61.2 Å². The van der Waals surface area contributed by atoms with Crippen LogP contribution in [0.3, 0.4) is 0 Å². The molecule has 1 fully saturated rings. The van der Waals surface area contributed by atoms with E-state index in [0.29, 0.717) is 40.4 Å². The number of fused-ring (bicyclic) bond motifs is 1. The first-order chi connectivity index (χ1) is 18.2. The monoisotopic (exact) mass is 495 g/mol. The van der Waals surface area contributed by atoms with Crippen molar-refractivity contribution in [2.75, 3.05) is 37.5 Å². The Hall–Kier alpha value is -4.51. The van der Waals surface area contributed by atoms with E-state index in [9.17, 15) is 5.26 Å². The van der Waals surface area contributed by atoms with Crippen molar-refractivity contribution in [2.45, 2.75) is 25.9 Å². The average Bonchev–Trinajstić information content (AvgIpc) is 2.96. The zero-order valence-corrected chi connectivity index (χ0v) is 21.0. The molecule has 0 aliphatic carbocycles. The number of aromatic nitrogens is 2. The van der Waals surface area contributed by atoms with Gasteiger partial charge < -0.3 is 24.4 Å². The van der Waals surface area contributed by atoms with Gasteiger partial charge in [-0.3, -0.25) is 4.98 Å². The van der Waals surface area contributed by atoms with Crippen molar-refractivity contribution in [3.05, 3.63) is 71.9 Å². The van der Waals surface area contributed by atoms with Crippen LogP contribution in [0.1, 0.15) is 30.4 Å². The maximum atomic E-state index is 10.0. The van der Waals surface area contributed by atoms with Crippen molar-refractivity contribution in [3.63, 3.8) is 0 Å². The SMILES string of the molecule is COc1ccc(COc2ccc(Nc3ccc4ncc(N5CCCCC5)nc4c3C#N)cc2OC)cc1. The third-order valence-electron chi connectivity index (χ3n) is 6.49. The van der Waals surface area contributed by atoms with E-state index in [-0.39, 0.29) is 0 Å². The Morgan fingerprint density at radius 3 is 2.49 bits per heavy atom. The van der Waals surface area contributed by atoms with Gasteiger partial charge in [-0.15, -0.1) is 0 Å². The molecule has 0 amide bonds. The highest BCUT2D eigenvalue weighted by atomic mass is 16.5. The van der Waals surface area contributed by atoms with E-state index in [1.165, 1.54) is 6.42 Å². The second kappa shape index (κ2) is 11.0. The number of nitrogens with one attached hydrogen (secondary N) is 1. The third-order valence-corrected chi connectivity index (χ3v) is 6.49. The van der Waals surface area contributed by atoms with E-state index in [4.69, 9.17) is 19.2 Å². The van der Waals surface area contributed by atoms with Gasteiger partial charge in [0.05, 0.1) is 31.6 Å². The highest BCUT2D eigenvalue weighted by molar-refractivity contribution is 5.89.